The summed E-state index contributed by atoms with van der Waals surface area (Å²) in [6.45, 7) is 0. The molecule has 0 saturated carbocycles. The average molecular weight is 176 g/mol. The van der Waals surface area contributed by atoms with E-state index in [1.54, 1.807) is 6.07 Å². The summed E-state index contributed by atoms with van der Waals surface area (Å²) in [4.78, 5) is 0. The van der Waals surface area contributed by atoms with Gasteiger partial charge in [0.1, 0.15) is 5.82 Å². The number of nitrogens with zero attached hydrogens (tertiary/aromatic N) is 3. The monoisotopic (exact) mass is 176 g/mol. The van der Waals surface area contributed by atoms with Gasteiger partial charge >= 0.3 is 0 Å². The average Bonchev–Trinajstić information content (AvgIpc) is 2.15. The lowest BCUT2D eigenvalue weighted by Crippen LogP contribution is -1.96. The maximum absolute atomic E-state index is 8.31. The molecule has 68 valence electrons. The second-order valence-electron chi connectivity index (χ2n) is 2.81. The molecule has 0 bridgehead atoms. The molecule has 4 nitrogen and oxygen atoms in total. The Morgan fingerprint density at radius 2 is 2.15 bits per heavy atom. The van der Waals surface area contributed by atoms with Crippen molar-refractivity contribution >= 4 is 5.82 Å². The van der Waals surface area contributed by atoms with Crippen molar-refractivity contribution in [3.63, 3.8) is 0 Å². The van der Waals surface area contributed by atoms with Crippen molar-refractivity contribution in [2.45, 2.75) is 25.7 Å². The Kier molecular flexibility index (Phi) is 3.71. The van der Waals surface area contributed by atoms with E-state index >= 15 is 0 Å². The molecule has 0 fully saturated rings. The zero-order valence-electron chi connectivity index (χ0n) is 7.40. The molecule has 0 amide bonds. The highest BCUT2D eigenvalue weighted by Gasteiger charge is 1.95. The van der Waals surface area contributed by atoms with Crippen molar-refractivity contribution in [3.05, 3.63) is 17.8 Å². The first-order valence-corrected chi connectivity index (χ1v) is 4.28. The summed E-state index contributed by atoms with van der Waals surface area (Å²) in [6.07, 6.45) is 3.38. The van der Waals surface area contributed by atoms with Crippen LogP contribution in [0.15, 0.2) is 12.1 Å². The van der Waals surface area contributed by atoms with Gasteiger partial charge in [0.05, 0.1) is 11.8 Å². The molecule has 0 unspecified atom stereocenters. The summed E-state index contributed by atoms with van der Waals surface area (Å²) < 4.78 is 0. The molecular formula is C9H12N4. The zero-order valence-corrected chi connectivity index (χ0v) is 7.40. The Morgan fingerprint density at radius 1 is 1.31 bits per heavy atom. The van der Waals surface area contributed by atoms with E-state index in [-0.39, 0.29) is 0 Å². The standard InChI is InChI=1S/C9H12N4/c10-7-3-1-2-4-8-5-6-9(11)13-12-8/h5-6H,1-4H2,(H2,11,13). The third-order valence-electron chi connectivity index (χ3n) is 1.71. The van der Waals surface area contributed by atoms with E-state index in [1.165, 1.54) is 0 Å². The topological polar surface area (TPSA) is 75.6 Å². The third kappa shape index (κ3) is 3.52. The van der Waals surface area contributed by atoms with E-state index in [2.05, 4.69) is 16.3 Å². The van der Waals surface area contributed by atoms with Gasteiger partial charge in [0, 0.05) is 6.42 Å². The van der Waals surface area contributed by atoms with Crippen LogP contribution in [0.4, 0.5) is 5.82 Å². The van der Waals surface area contributed by atoms with Gasteiger partial charge in [0.15, 0.2) is 0 Å². The lowest BCUT2D eigenvalue weighted by atomic mass is 10.1. The Labute approximate surface area is 77.4 Å². The molecule has 0 saturated heterocycles. The maximum Gasteiger partial charge on any atom is 0.146 e. The molecule has 0 radical (unpaired) electrons. The number of unbranched alkanes of at least 4 members (excludes halogenated alkanes) is 2. The van der Waals surface area contributed by atoms with E-state index in [0.29, 0.717) is 12.2 Å². The van der Waals surface area contributed by atoms with Crippen molar-refractivity contribution < 1.29 is 0 Å². The van der Waals surface area contributed by atoms with Crippen LogP contribution >= 0.6 is 0 Å². The van der Waals surface area contributed by atoms with E-state index in [4.69, 9.17) is 11.0 Å². The Bertz CT molecular complexity index is 285. The van der Waals surface area contributed by atoms with E-state index in [9.17, 15) is 0 Å². The van der Waals surface area contributed by atoms with Crippen LogP contribution in [-0.2, 0) is 6.42 Å². The second-order valence-corrected chi connectivity index (χ2v) is 2.81. The van der Waals surface area contributed by atoms with Crippen LogP contribution in [0.3, 0.4) is 0 Å². The number of hydrogen-bond acceptors (Lipinski definition) is 4. The molecule has 2 N–H and O–H groups in total. The fourth-order valence-corrected chi connectivity index (χ4v) is 1.01. The molecule has 0 aromatic carbocycles. The van der Waals surface area contributed by atoms with Gasteiger partial charge in [-0.25, -0.2) is 0 Å². The fraction of sp³-hybridized carbons (Fsp3) is 0.444. The molecule has 1 heterocycles. The van der Waals surface area contributed by atoms with Gasteiger partial charge in [0.25, 0.3) is 0 Å². The predicted octanol–water partition coefficient (Wildman–Crippen LogP) is 1.30. The summed E-state index contributed by atoms with van der Waals surface area (Å²) >= 11 is 0. The van der Waals surface area contributed by atoms with Crippen LogP contribution < -0.4 is 5.73 Å². The molecule has 0 atom stereocenters. The van der Waals surface area contributed by atoms with Gasteiger partial charge in [0.2, 0.25) is 0 Å². The lowest BCUT2D eigenvalue weighted by molar-refractivity contribution is 0.728. The smallest absolute Gasteiger partial charge is 0.146 e. The number of nitrogens with two attached hydrogens (primary N) is 1. The van der Waals surface area contributed by atoms with Gasteiger partial charge in [-0.1, -0.05) is 0 Å². The highest BCUT2D eigenvalue weighted by molar-refractivity contribution is 5.25. The van der Waals surface area contributed by atoms with Crippen molar-refractivity contribution in [3.8, 4) is 6.07 Å². The second kappa shape index (κ2) is 5.09. The van der Waals surface area contributed by atoms with Crippen LogP contribution in [0, 0.1) is 11.3 Å². The molecule has 0 aliphatic heterocycles. The van der Waals surface area contributed by atoms with Crippen LogP contribution in [0.25, 0.3) is 0 Å². The first-order valence-electron chi connectivity index (χ1n) is 4.28. The highest BCUT2D eigenvalue weighted by atomic mass is 15.1. The van der Waals surface area contributed by atoms with Crippen LogP contribution in [0.1, 0.15) is 25.0 Å². The summed E-state index contributed by atoms with van der Waals surface area (Å²) in [5, 5.41) is 16.0. The molecular weight excluding hydrogens is 164 g/mol. The minimum Gasteiger partial charge on any atom is -0.382 e. The molecule has 1 rings (SSSR count). The van der Waals surface area contributed by atoms with Gasteiger partial charge in [-0.05, 0) is 31.4 Å². The molecule has 0 aliphatic carbocycles. The van der Waals surface area contributed by atoms with Crippen LogP contribution in [0.2, 0.25) is 0 Å². The third-order valence-corrected chi connectivity index (χ3v) is 1.71. The van der Waals surface area contributed by atoms with Crippen LogP contribution in [-0.4, -0.2) is 10.2 Å². The van der Waals surface area contributed by atoms with E-state index < -0.39 is 0 Å². The number of hydrogen-bond donors (Lipinski definition) is 1. The van der Waals surface area contributed by atoms with Crippen molar-refractivity contribution in [2.24, 2.45) is 0 Å². The Morgan fingerprint density at radius 3 is 2.77 bits per heavy atom. The van der Waals surface area contributed by atoms with Gasteiger partial charge in [-0.2, -0.15) is 10.4 Å². The van der Waals surface area contributed by atoms with Crippen molar-refractivity contribution in [2.75, 3.05) is 5.73 Å². The van der Waals surface area contributed by atoms with Crippen molar-refractivity contribution in [1.82, 2.24) is 10.2 Å². The predicted molar refractivity (Wildman–Crippen MR) is 49.6 cm³/mol. The van der Waals surface area contributed by atoms with E-state index in [0.717, 1.165) is 25.0 Å². The Balaban J connectivity index is 2.30. The SMILES string of the molecule is N#CCCCCc1ccc(N)nn1. The van der Waals surface area contributed by atoms with Crippen LogP contribution in [0.5, 0.6) is 0 Å². The van der Waals surface area contributed by atoms with Gasteiger partial charge in [-0.3, -0.25) is 0 Å². The van der Waals surface area contributed by atoms with Gasteiger partial charge < -0.3 is 5.73 Å². The van der Waals surface area contributed by atoms with Crippen molar-refractivity contribution in [1.29, 1.82) is 5.26 Å². The first kappa shape index (κ1) is 9.46. The number of nitrogen functional groups attached to an aromatic ring is 1. The quantitative estimate of drug-likeness (QED) is 0.701. The number of anilines is 1. The molecule has 4 heteroatoms. The lowest BCUT2D eigenvalue weighted by Gasteiger charge is -1.97. The zero-order chi connectivity index (χ0) is 9.52. The first-order chi connectivity index (χ1) is 6.33. The number of nitriles is 1. The van der Waals surface area contributed by atoms with Gasteiger partial charge in [-0.15, -0.1) is 5.10 Å². The summed E-state index contributed by atoms with van der Waals surface area (Å²) in [5.74, 6) is 0.445. The Hall–Kier alpha value is -1.63. The molecule has 13 heavy (non-hydrogen) atoms. The molecule has 0 aliphatic rings. The molecule has 0 spiro atoms. The summed E-state index contributed by atoms with van der Waals surface area (Å²) in [6, 6.07) is 5.72. The molecule has 1 aromatic heterocycles. The minimum atomic E-state index is 0.445. The normalized spacial score (nSPS) is 9.46. The van der Waals surface area contributed by atoms with E-state index in [1.807, 2.05) is 6.07 Å². The highest BCUT2D eigenvalue weighted by Crippen LogP contribution is 2.03. The molecule has 1 aromatic rings. The summed E-state index contributed by atoms with van der Waals surface area (Å²) in [5.41, 5.74) is 6.32. The number of rotatable bonds is 4. The number of aryl methyl sites for hydroxylation is 1. The number of aromatic nitrogens is 2. The maximum atomic E-state index is 8.31. The summed E-state index contributed by atoms with van der Waals surface area (Å²) in [7, 11) is 0. The minimum absolute atomic E-state index is 0.445. The fourth-order valence-electron chi connectivity index (χ4n) is 1.01. The largest absolute Gasteiger partial charge is 0.382 e.